The van der Waals surface area contributed by atoms with E-state index in [1.807, 2.05) is 0 Å². The monoisotopic (exact) mass is 256 g/mol. The lowest BCUT2D eigenvalue weighted by molar-refractivity contribution is -0.140. The van der Waals surface area contributed by atoms with Gasteiger partial charge in [0.2, 0.25) is 17.7 Å². The summed E-state index contributed by atoms with van der Waals surface area (Å²) in [6.07, 6.45) is 0.750. The Bertz CT molecular complexity index is 330. The minimum absolute atomic E-state index is 0.0164. The molecule has 1 atom stereocenters. The van der Waals surface area contributed by atoms with Gasteiger partial charge in [-0.2, -0.15) is 0 Å². The Balaban J connectivity index is 2.10. The van der Waals surface area contributed by atoms with Crippen molar-refractivity contribution in [2.24, 2.45) is 5.92 Å². The zero-order valence-corrected chi connectivity index (χ0v) is 10.9. The van der Waals surface area contributed by atoms with Gasteiger partial charge in [-0.25, -0.2) is 0 Å². The molecule has 1 aliphatic heterocycles. The molecule has 1 saturated heterocycles. The smallest absolute Gasteiger partial charge is 0.232 e. The van der Waals surface area contributed by atoms with Crippen LogP contribution in [0.25, 0.3) is 0 Å². The van der Waals surface area contributed by atoms with E-state index in [4.69, 9.17) is 4.74 Å². The van der Waals surface area contributed by atoms with E-state index in [1.54, 1.807) is 13.8 Å². The van der Waals surface area contributed by atoms with Crippen molar-refractivity contribution in [2.45, 2.75) is 26.7 Å². The van der Waals surface area contributed by atoms with Gasteiger partial charge in [0.15, 0.2) is 0 Å². The van der Waals surface area contributed by atoms with Crippen molar-refractivity contribution < 1.29 is 19.1 Å². The zero-order valence-electron chi connectivity index (χ0n) is 10.9. The van der Waals surface area contributed by atoms with Crippen molar-refractivity contribution in [1.29, 1.82) is 0 Å². The maximum absolute atomic E-state index is 11.6. The van der Waals surface area contributed by atoms with Gasteiger partial charge in [-0.3, -0.25) is 19.3 Å². The molecular formula is C12H20N2O4. The van der Waals surface area contributed by atoms with E-state index in [1.165, 1.54) is 4.90 Å². The molecule has 0 aromatic heterocycles. The molecule has 6 nitrogen and oxygen atoms in total. The molecule has 0 aromatic rings. The van der Waals surface area contributed by atoms with E-state index in [2.05, 4.69) is 5.32 Å². The summed E-state index contributed by atoms with van der Waals surface area (Å²) in [4.78, 5) is 35.1. The SMILES string of the molecule is CCC(=O)NCCOCCN1C(=O)CC(C)C1=O. The number of likely N-dealkylation sites (tertiary alicyclic amines) is 1. The molecule has 1 fully saturated rings. The number of rotatable bonds is 7. The first kappa shape index (κ1) is 14.6. The van der Waals surface area contributed by atoms with Gasteiger partial charge in [0, 0.05) is 25.3 Å². The van der Waals surface area contributed by atoms with Gasteiger partial charge in [-0.1, -0.05) is 13.8 Å². The second kappa shape index (κ2) is 7.10. The molecular weight excluding hydrogens is 236 g/mol. The molecule has 0 spiro atoms. The molecule has 1 heterocycles. The lowest BCUT2D eigenvalue weighted by Crippen LogP contribution is -2.34. The number of imide groups is 1. The predicted octanol–water partition coefficient (Wildman–Crippen LogP) is -0.0758. The van der Waals surface area contributed by atoms with Crippen molar-refractivity contribution in [3.63, 3.8) is 0 Å². The van der Waals surface area contributed by atoms with Gasteiger partial charge >= 0.3 is 0 Å². The summed E-state index contributed by atoms with van der Waals surface area (Å²) in [6.45, 7) is 4.97. The Hall–Kier alpha value is -1.43. The fourth-order valence-electron chi connectivity index (χ4n) is 1.73. The normalized spacial score (nSPS) is 19.4. The summed E-state index contributed by atoms with van der Waals surface area (Å²) in [5.74, 6) is -0.475. The molecule has 0 radical (unpaired) electrons. The average molecular weight is 256 g/mol. The van der Waals surface area contributed by atoms with Crippen LogP contribution in [0.5, 0.6) is 0 Å². The van der Waals surface area contributed by atoms with Gasteiger partial charge < -0.3 is 10.1 Å². The highest BCUT2D eigenvalue weighted by molar-refractivity contribution is 6.03. The first-order valence-corrected chi connectivity index (χ1v) is 6.25. The molecule has 0 saturated carbocycles. The lowest BCUT2D eigenvalue weighted by atomic mass is 10.1. The molecule has 0 bridgehead atoms. The summed E-state index contributed by atoms with van der Waals surface area (Å²) in [6, 6.07) is 0. The number of nitrogens with zero attached hydrogens (tertiary/aromatic N) is 1. The predicted molar refractivity (Wildman–Crippen MR) is 64.6 cm³/mol. The van der Waals surface area contributed by atoms with Crippen molar-refractivity contribution in [1.82, 2.24) is 10.2 Å². The van der Waals surface area contributed by atoms with Gasteiger partial charge in [-0.05, 0) is 0 Å². The summed E-state index contributed by atoms with van der Waals surface area (Å²) >= 11 is 0. The Kier molecular flexibility index (Phi) is 5.77. The summed E-state index contributed by atoms with van der Waals surface area (Å²) in [7, 11) is 0. The molecule has 1 unspecified atom stereocenters. The fourth-order valence-corrected chi connectivity index (χ4v) is 1.73. The second-order valence-corrected chi connectivity index (χ2v) is 4.30. The Labute approximate surface area is 107 Å². The van der Waals surface area contributed by atoms with Gasteiger partial charge in [0.1, 0.15) is 0 Å². The van der Waals surface area contributed by atoms with Crippen LogP contribution in [0.4, 0.5) is 0 Å². The molecule has 1 rings (SSSR count). The van der Waals surface area contributed by atoms with E-state index in [0.29, 0.717) is 39.1 Å². The second-order valence-electron chi connectivity index (χ2n) is 4.30. The van der Waals surface area contributed by atoms with Crippen molar-refractivity contribution in [3.8, 4) is 0 Å². The standard InChI is InChI=1S/C12H20N2O4/c1-3-10(15)13-4-6-18-7-5-14-11(16)8-9(2)12(14)17/h9H,3-8H2,1-2H3,(H,13,15). The number of amides is 3. The zero-order chi connectivity index (χ0) is 13.5. The Morgan fingerprint density at radius 2 is 2.17 bits per heavy atom. The van der Waals surface area contributed by atoms with Crippen LogP contribution in [0.3, 0.4) is 0 Å². The minimum atomic E-state index is -0.207. The van der Waals surface area contributed by atoms with Crippen LogP contribution in [0.15, 0.2) is 0 Å². The summed E-state index contributed by atoms with van der Waals surface area (Å²) < 4.78 is 5.26. The largest absolute Gasteiger partial charge is 0.378 e. The van der Waals surface area contributed by atoms with Crippen LogP contribution in [-0.4, -0.2) is 48.9 Å². The van der Waals surface area contributed by atoms with Crippen LogP contribution in [-0.2, 0) is 19.1 Å². The maximum atomic E-state index is 11.6. The first-order chi connectivity index (χ1) is 8.56. The van der Waals surface area contributed by atoms with Crippen molar-refractivity contribution in [3.05, 3.63) is 0 Å². The Morgan fingerprint density at radius 3 is 2.72 bits per heavy atom. The third-order valence-electron chi connectivity index (χ3n) is 2.82. The molecule has 6 heteroatoms. The number of hydrogen-bond acceptors (Lipinski definition) is 4. The molecule has 18 heavy (non-hydrogen) atoms. The summed E-state index contributed by atoms with van der Waals surface area (Å²) in [5.41, 5.74) is 0. The maximum Gasteiger partial charge on any atom is 0.232 e. The van der Waals surface area contributed by atoms with E-state index >= 15 is 0 Å². The third-order valence-corrected chi connectivity index (χ3v) is 2.82. The quantitative estimate of drug-likeness (QED) is 0.511. The highest BCUT2D eigenvalue weighted by Crippen LogP contribution is 2.17. The molecule has 3 amide bonds. The van der Waals surface area contributed by atoms with E-state index in [9.17, 15) is 14.4 Å². The van der Waals surface area contributed by atoms with Crippen LogP contribution >= 0.6 is 0 Å². The van der Waals surface area contributed by atoms with Gasteiger partial charge in [0.25, 0.3) is 0 Å². The number of carbonyl (C=O) groups is 3. The third kappa shape index (κ3) is 4.10. The molecule has 1 aliphatic rings. The number of hydrogen-bond donors (Lipinski definition) is 1. The highest BCUT2D eigenvalue weighted by Gasteiger charge is 2.34. The van der Waals surface area contributed by atoms with E-state index in [-0.39, 0.29) is 23.6 Å². The van der Waals surface area contributed by atoms with E-state index in [0.717, 1.165) is 0 Å². The lowest BCUT2D eigenvalue weighted by Gasteiger charge is -2.14. The van der Waals surface area contributed by atoms with Crippen molar-refractivity contribution >= 4 is 17.7 Å². The number of carbonyl (C=O) groups excluding carboxylic acids is 3. The molecule has 0 aromatic carbocycles. The summed E-state index contributed by atoms with van der Waals surface area (Å²) in [5, 5.41) is 2.67. The van der Waals surface area contributed by atoms with Crippen LogP contribution in [0, 0.1) is 5.92 Å². The average Bonchev–Trinajstić information content (AvgIpc) is 2.59. The topological polar surface area (TPSA) is 75.7 Å². The van der Waals surface area contributed by atoms with Crippen LogP contribution < -0.4 is 5.32 Å². The Morgan fingerprint density at radius 1 is 1.44 bits per heavy atom. The minimum Gasteiger partial charge on any atom is -0.378 e. The number of nitrogens with one attached hydrogen (secondary N) is 1. The van der Waals surface area contributed by atoms with Gasteiger partial charge in [0.05, 0.1) is 19.8 Å². The van der Waals surface area contributed by atoms with E-state index < -0.39 is 0 Å². The van der Waals surface area contributed by atoms with Gasteiger partial charge in [-0.15, -0.1) is 0 Å². The molecule has 0 aliphatic carbocycles. The fraction of sp³-hybridized carbons (Fsp3) is 0.750. The first-order valence-electron chi connectivity index (χ1n) is 6.25. The van der Waals surface area contributed by atoms with Crippen LogP contribution in [0.2, 0.25) is 0 Å². The number of ether oxygens (including phenoxy) is 1. The molecule has 102 valence electrons. The highest BCUT2D eigenvalue weighted by atomic mass is 16.5. The molecule has 1 N–H and O–H groups in total. The van der Waals surface area contributed by atoms with Crippen molar-refractivity contribution in [2.75, 3.05) is 26.3 Å². The van der Waals surface area contributed by atoms with Crippen LogP contribution in [0.1, 0.15) is 26.7 Å².